The van der Waals surface area contributed by atoms with Crippen LogP contribution in [0.3, 0.4) is 0 Å². The minimum absolute atomic E-state index is 0.176. The van der Waals surface area contributed by atoms with Gasteiger partial charge in [-0.3, -0.25) is 0 Å². The summed E-state index contributed by atoms with van der Waals surface area (Å²) in [6.07, 6.45) is 5.59. The molecule has 1 rings (SSSR count). The van der Waals surface area contributed by atoms with Crippen LogP contribution in [0.4, 0.5) is 4.39 Å². The Morgan fingerprint density at radius 3 is 2.79 bits per heavy atom. The topological polar surface area (TPSA) is 26.0 Å². The van der Waals surface area contributed by atoms with Gasteiger partial charge in [-0.2, -0.15) is 0 Å². The second-order valence-corrected chi connectivity index (χ2v) is 3.48. The quantitative estimate of drug-likeness (QED) is 0.781. The van der Waals surface area contributed by atoms with Gasteiger partial charge in [0.1, 0.15) is 5.82 Å². The highest BCUT2D eigenvalue weighted by Gasteiger charge is 1.95. The van der Waals surface area contributed by atoms with Crippen molar-refractivity contribution >= 4 is 6.08 Å². The van der Waals surface area contributed by atoms with Gasteiger partial charge in [0.15, 0.2) is 0 Å². The van der Waals surface area contributed by atoms with E-state index in [0.29, 0.717) is 5.56 Å². The van der Waals surface area contributed by atoms with Crippen LogP contribution in [0.2, 0.25) is 0 Å². The van der Waals surface area contributed by atoms with Crippen LogP contribution in [0.5, 0.6) is 0 Å². The predicted molar refractivity (Wildman–Crippen MR) is 58.3 cm³/mol. The van der Waals surface area contributed by atoms with E-state index < -0.39 is 0 Å². The van der Waals surface area contributed by atoms with Gasteiger partial charge in [-0.25, -0.2) is 4.39 Å². The fourth-order valence-electron chi connectivity index (χ4n) is 1.18. The number of nitrogens with two attached hydrogens (primary N) is 1. The van der Waals surface area contributed by atoms with Crippen LogP contribution in [0.25, 0.3) is 6.08 Å². The van der Waals surface area contributed by atoms with Crippen LogP contribution in [0, 0.1) is 5.82 Å². The molecular weight excluding hydrogens is 177 g/mol. The molecule has 0 saturated heterocycles. The molecule has 0 radical (unpaired) electrons. The number of rotatable bonds is 4. The van der Waals surface area contributed by atoms with Crippen molar-refractivity contribution in [2.45, 2.75) is 25.8 Å². The van der Waals surface area contributed by atoms with Crippen molar-refractivity contribution in [3.8, 4) is 0 Å². The fraction of sp³-hybridized carbons (Fsp3) is 0.333. The number of hydrogen-bond donors (Lipinski definition) is 1. The smallest absolute Gasteiger partial charge is 0.130 e. The lowest BCUT2D eigenvalue weighted by atomic mass is 10.1. The fourth-order valence-corrected chi connectivity index (χ4v) is 1.18. The van der Waals surface area contributed by atoms with Gasteiger partial charge < -0.3 is 5.73 Å². The van der Waals surface area contributed by atoms with Crippen molar-refractivity contribution in [2.75, 3.05) is 0 Å². The molecule has 1 atom stereocenters. The highest BCUT2D eigenvalue weighted by Crippen LogP contribution is 2.09. The maximum atomic E-state index is 13.1. The Balaban J connectivity index is 2.48. The molecule has 0 aliphatic rings. The van der Waals surface area contributed by atoms with Gasteiger partial charge in [-0.1, -0.05) is 30.4 Å². The van der Waals surface area contributed by atoms with E-state index in [4.69, 9.17) is 5.73 Å². The van der Waals surface area contributed by atoms with Gasteiger partial charge in [0.25, 0.3) is 0 Å². The molecule has 0 bridgehead atoms. The first kappa shape index (κ1) is 10.9. The lowest BCUT2D eigenvalue weighted by Crippen LogP contribution is -2.13. The van der Waals surface area contributed by atoms with Crippen LogP contribution in [-0.4, -0.2) is 6.04 Å². The Bertz CT molecular complexity index is 305. The molecule has 1 aromatic rings. The van der Waals surface area contributed by atoms with Gasteiger partial charge in [0.05, 0.1) is 0 Å². The minimum Gasteiger partial charge on any atom is -0.328 e. The van der Waals surface area contributed by atoms with E-state index in [1.54, 1.807) is 18.2 Å². The first-order chi connectivity index (χ1) is 6.70. The maximum absolute atomic E-state index is 13.1. The van der Waals surface area contributed by atoms with E-state index in [-0.39, 0.29) is 11.9 Å². The molecule has 76 valence electrons. The van der Waals surface area contributed by atoms with Crippen LogP contribution in [-0.2, 0) is 0 Å². The summed E-state index contributed by atoms with van der Waals surface area (Å²) in [5.74, 6) is -0.176. The Hall–Kier alpha value is -1.15. The van der Waals surface area contributed by atoms with E-state index in [1.807, 2.05) is 19.1 Å². The summed E-state index contributed by atoms with van der Waals surface area (Å²) in [7, 11) is 0. The third kappa shape index (κ3) is 3.71. The van der Waals surface area contributed by atoms with Gasteiger partial charge >= 0.3 is 0 Å². The monoisotopic (exact) mass is 193 g/mol. The van der Waals surface area contributed by atoms with Crippen molar-refractivity contribution in [3.05, 3.63) is 41.7 Å². The summed E-state index contributed by atoms with van der Waals surface area (Å²) >= 11 is 0. The lowest BCUT2D eigenvalue weighted by Gasteiger charge is -2.00. The van der Waals surface area contributed by atoms with Gasteiger partial charge in [-0.15, -0.1) is 0 Å². The molecule has 14 heavy (non-hydrogen) atoms. The standard InChI is InChI=1S/C12H16FN/c1-10(14)6-2-3-7-11-8-4-5-9-12(11)13/h3-5,7-10H,2,6,14H2,1H3/b7-3+. The van der Waals surface area contributed by atoms with Crippen molar-refractivity contribution < 1.29 is 4.39 Å². The first-order valence-electron chi connectivity index (χ1n) is 4.87. The Morgan fingerprint density at radius 2 is 2.14 bits per heavy atom. The van der Waals surface area contributed by atoms with Crippen LogP contribution < -0.4 is 5.73 Å². The largest absolute Gasteiger partial charge is 0.328 e. The SMILES string of the molecule is CC(N)CC/C=C/c1ccccc1F. The number of benzene rings is 1. The zero-order chi connectivity index (χ0) is 10.4. The van der Waals surface area contributed by atoms with Crippen molar-refractivity contribution in [1.82, 2.24) is 0 Å². The zero-order valence-corrected chi connectivity index (χ0v) is 8.41. The second kappa shape index (κ2) is 5.55. The lowest BCUT2D eigenvalue weighted by molar-refractivity contribution is 0.625. The molecule has 0 heterocycles. The second-order valence-electron chi connectivity index (χ2n) is 3.48. The Morgan fingerprint density at radius 1 is 1.43 bits per heavy atom. The molecule has 0 spiro atoms. The molecule has 2 N–H and O–H groups in total. The van der Waals surface area contributed by atoms with Crippen LogP contribution in [0.1, 0.15) is 25.3 Å². The van der Waals surface area contributed by atoms with Crippen LogP contribution in [0.15, 0.2) is 30.3 Å². The van der Waals surface area contributed by atoms with Crippen LogP contribution >= 0.6 is 0 Å². The minimum atomic E-state index is -0.176. The normalized spacial score (nSPS) is 13.4. The average Bonchev–Trinajstić information content (AvgIpc) is 2.15. The molecule has 0 aliphatic heterocycles. The summed E-state index contributed by atoms with van der Waals surface area (Å²) in [6.45, 7) is 1.97. The highest BCUT2D eigenvalue weighted by atomic mass is 19.1. The summed E-state index contributed by atoms with van der Waals surface area (Å²) < 4.78 is 13.1. The molecular formula is C12H16FN. The van der Waals surface area contributed by atoms with E-state index in [0.717, 1.165) is 12.8 Å². The van der Waals surface area contributed by atoms with Gasteiger partial charge in [-0.05, 0) is 25.8 Å². The molecule has 1 unspecified atom stereocenters. The Kier molecular flexibility index (Phi) is 4.33. The number of allylic oxidation sites excluding steroid dienone is 1. The number of halogens is 1. The number of hydrogen-bond acceptors (Lipinski definition) is 1. The summed E-state index contributed by atoms with van der Waals surface area (Å²) in [5.41, 5.74) is 6.23. The molecule has 0 amide bonds. The third-order valence-corrected chi connectivity index (χ3v) is 1.99. The molecule has 0 fully saturated rings. The van der Waals surface area contributed by atoms with Crippen molar-refractivity contribution in [3.63, 3.8) is 0 Å². The molecule has 0 aromatic heterocycles. The molecule has 1 aromatic carbocycles. The zero-order valence-electron chi connectivity index (χ0n) is 8.41. The first-order valence-corrected chi connectivity index (χ1v) is 4.87. The summed E-state index contributed by atoms with van der Waals surface area (Å²) in [6, 6.07) is 6.95. The third-order valence-electron chi connectivity index (χ3n) is 1.99. The highest BCUT2D eigenvalue weighted by molar-refractivity contribution is 5.49. The van der Waals surface area contributed by atoms with E-state index in [9.17, 15) is 4.39 Å². The molecule has 0 aliphatic carbocycles. The summed E-state index contributed by atoms with van der Waals surface area (Å²) in [4.78, 5) is 0. The Labute approximate surface area is 84.4 Å². The van der Waals surface area contributed by atoms with Gasteiger partial charge in [0, 0.05) is 11.6 Å². The average molecular weight is 193 g/mol. The van der Waals surface area contributed by atoms with Crippen molar-refractivity contribution in [2.24, 2.45) is 5.73 Å². The van der Waals surface area contributed by atoms with E-state index >= 15 is 0 Å². The van der Waals surface area contributed by atoms with E-state index in [2.05, 4.69) is 0 Å². The maximum Gasteiger partial charge on any atom is 0.130 e. The van der Waals surface area contributed by atoms with E-state index in [1.165, 1.54) is 6.07 Å². The molecule has 2 heteroatoms. The molecule has 0 saturated carbocycles. The summed E-state index contributed by atoms with van der Waals surface area (Å²) in [5, 5.41) is 0. The molecule has 1 nitrogen and oxygen atoms in total. The predicted octanol–water partition coefficient (Wildman–Crippen LogP) is 2.97. The van der Waals surface area contributed by atoms with Crippen molar-refractivity contribution in [1.29, 1.82) is 0 Å². The van der Waals surface area contributed by atoms with Gasteiger partial charge in [0.2, 0.25) is 0 Å².